The minimum atomic E-state index is 0.643. The average Bonchev–Trinajstić information content (AvgIpc) is 2.48. The number of ether oxygens (including phenoxy) is 2. The molecule has 0 aromatic heterocycles. The molecule has 0 saturated carbocycles. The number of anilines is 1. The number of hydrogen-bond donors (Lipinski definition) is 1. The number of hydrogen-bond acceptors (Lipinski definition) is 3. The van der Waals surface area contributed by atoms with E-state index >= 15 is 0 Å². The molecule has 3 nitrogen and oxygen atoms in total. The summed E-state index contributed by atoms with van der Waals surface area (Å²) in [6.07, 6.45) is 0. The van der Waals surface area contributed by atoms with E-state index in [2.05, 4.69) is 21.2 Å². The minimum Gasteiger partial charge on any atom is -0.497 e. The second kappa shape index (κ2) is 6.86. The first-order valence-corrected chi connectivity index (χ1v) is 7.21. The van der Waals surface area contributed by atoms with E-state index in [9.17, 15) is 0 Å². The molecule has 2 aromatic carbocycles. The average molecular weight is 357 g/mol. The van der Waals surface area contributed by atoms with Crippen molar-refractivity contribution in [2.75, 3.05) is 19.5 Å². The normalized spacial score (nSPS) is 10.2. The van der Waals surface area contributed by atoms with Crippen molar-refractivity contribution < 1.29 is 9.47 Å². The van der Waals surface area contributed by atoms with Crippen molar-refractivity contribution in [1.82, 2.24) is 0 Å². The Hall–Kier alpha value is -1.39. The van der Waals surface area contributed by atoms with Crippen molar-refractivity contribution in [3.8, 4) is 11.5 Å². The van der Waals surface area contributed by atoms with E-state index in [0.717, 1.165) is 27.2 Å². The maximum Gasteiger partial charge on any atom is 0.145 e. The van der Waals surface area contributed by atoms with E-state index in [-0.39, 0.29) is 0 Å². The lowest BCUT2D eigenvalue weighted by Crippen LogP contribution is -2.02. The van der Waals surface area contributed by atoms with Crippen LogP contribution >= 0.6 is 27.5 Å². The molecule has 106 valence electrons. The first-order valence-electron chi connectivity index (χ1n) is 6.04. The molecule has 2 aromatic rings. The summed E-state index contributed by atoms with van der Waals surface area (Å²) in [5.74, 6) is 1.50. The van der Waals surface area contributed by atoms with Crippen LogP contribution in [0.5, 0.6) is 11.5 Å². The number of rotatable bonds is 5. The first-order chi connectivity index (χ1) is 9.63. The molecule has 0 aliphatic carbocycles. The second-order valence-corrected chi connectivity index (χ2v) is 5.45. The lowest BCUT2D eigenvalue weighted by Gasteiger charge is -2.13. The number of nitrogens with one attached hydrogen (secondary N) is 1. The monoisotopic (exact) mass is 355 g/mol. The second-order valence-electron chi connectivity index (χ2n) is 4.16. The molecule has 1 N–H and O–H groups in total. The van der Waals surface area contributed by atoms with Crippen molar-refractivity contribution in [3.63, 3.8) is 0 Å². The van der Waals surface area contributed by atoms with Crippen LogP contribution in [0.1, 0.15) is 5.56 Å². The molecule has 0 bridgehead atoms. The maximum absolute atomic E-state index is 6.01. The van der Waals surface area contributed by atoms with Gasteiger partial charge in [-0.05, 0) is 35.9 Å². The lowest BCUT2D eigenvalue weighted by atomic mass is 10.2. The quantitative estimate of drug-likeness (QED) is 0.840. The third kappa shape index (κ3) is 3.58. The topological polar surface area (TPSA) is 30.5 Å². The van der Waals surface area contributed by atoms with Crippen LogP contribution in [0.15, 0.2) is 40.9 Å². The molecule has 0 heterocycles. The third-order valence-electron chi connectivity index (χ3n) is 2.89. The molecule has 0 atom stereocenters. The standard InChI is InChI=1S/C15H15BrClNO2/c1-19-12-4-6-14(15(8-12)20-2)18-9-10-7-11(17)3-5-13(10)16/h3-8,18H,9H2,1-2H3. The van der Waals surface area contributed by atoms with E-state index in [4.69, 9.17) is 21.1 Å². The van der Waals surface area contributed by atoms with Gasteiger partial charge in [-0.1, -0.05) is 27.5 Å². The molecular formula is C15H15BrClNO2. The van der Waals surface area contributed by atoms with Gasteiger partial charge in [-0.15, -0.1) is 0 Å². The summed E-state index contributed by atoms with van der Waals surface area (Å²) in [7, 11) is 3.26. The van der Waals surface area contributed by atoms with Gasteiger partial charge in [0.05, 0.1) is 19.9 Å². The van der Waals surface area contributed by atoms with Gasteiger partial charge in [-0.2, -0.15) is 0 Å². The van der Waals surface area contributed by atoms with Crippen molar-refractivity contribution in [3.05, 3.63) is 51.5 Å². The van der Waals surface area contributed by atoms with Gasteiger partial charge in [0.15, 0.2) is 0 Å². The molecule has 0 saturated heterocycles. The highest BCUT2D eigenvalue weighted by atomic mass is 79.9. The highest BCUT2D eigenvalue weighted by molar-refractivity contribution is 9.10. The molecule has 0 unspecified atom stereocenters. The summed E-state index contributed by atoms with van der Waals surface area (Å²) in [6.45, 7) is 0.643. The van der Waals surface area contributed by atoms with Gasteiger partial charge >= 0.3 is 0 Å². The zero-order valence-electron chi connectivity index (χ0n) is 11.2. The molecule has 0 aliphatic heterocycles. The van der Waals surface area contributed by atoms with Gasteiger partial charge in [-0.25, -0.2) is 0 Å². The van der Waals surface area contributed by atoms with Crippen LogP contribution in [0.25, 0.3) is 0 Å². The van der Waals surface area contributed by atoms with Gasteiger partial charge in [0.25, 0.3) is 0 Å². The predicted octanol–water partition coefficient (Wildman–Crippen LogP) is 4.73. The summed E-state index contributed by atoms with van der Waals surface area (Å²) in [5.41, 5.74) is 1.98. The van der Waals surface area contributed by atoms with Crippen LogP contribution in [-0.4, -0.2) is 14.2 Å². The van der Waals surface area contributed by atoms with Crippen molar-refractivity contribution >= 4 is 33.2 Å². The van der Waals surface area contributed by atoms with Crippen LogP contribution in [0.2, 0.25) is 5.02 Å². The number of methoxy groups -OCH3 is 2. The van der Waals surface area contributed by atoms with Crippen molar-refractivity contribution in [2.45, 2.75) is 6.54 Å². The fourth-order valence-corrected chi connectivity index (χ4v) is 2.40. The van der Waals surface area contributed by atoms with Gasteiger partial charge in [0.2, 0.25) is 0 Å². The summed E-state index contributed by atoms with van der Waals surface area (Å²) >= 11 is 9.52. The highest BCUT2D eigenvalue weighted by Crippen LogP contribution is 2.30. The van der Waals surface area contributed by atoms with Crippen molar-refractivity contribution in [2.24, 2.45) is 0 Å². The van der Waals surface area contributed by atoms with Gasteiger partial charge < -0.3 is 14.8 Å². The third-order valence-corrected chi connectivity index (χ3v) is 3.89. The molecular weight excluding hydrogens is 342 g/mol. The van der Waals surface area contributed by atoms with Crippen LogP contribution in [0.3, 0.4) is 0 Å². The van der Waals surface area contributed by atoms with Crippen LogP contribution in [0, 0.1) is 0 Å². The summed E-state index contributed by atoms with van der Waals surface area (Å²) in [4.78, 5) is 0. The molecule has 5 heteroatoms. The molecule has 0 fully saturated rings. The Balaban J connectivity index is 2.16. The smallest absolute Gasteiger partial charge is 0.145 e. The Morgan fingerprint density at radius 1 is 1.10 bits per heavy atom. The molecule has 2 rings (SSSR count). The SMILES string of the molecule is COc1ccc(NCc2cc(Cl)ccc2Br)c(OC)c1. The number of benzene rings is 2. The molecule has 20 heavy (non-hydrogen) atoms. The molecule has 0 radical (unpaired) electrons. The van der Waals surface area contributed by atoms with E-state index in [1.807, 2.05) is 36.4 Å². The maximum atomic E-state index is 6.01. The first kappa shape index (κ1) is 15.0. The van der Waals surface area contributed by atoms with E-state index in [1.54, 1.807) is 14.2 Å². The summed E-state index contributed by atoms with van der Waals surface area (Å²) in [5, 5.41) is 4.05. The predicted molar refractivity (Wildman–Crippen MR) is 86.0 cm³/mol. The fourth-order valence-electron chi connectivity index (χ4n) is 1.81. The zero-order chi connectivity index (χ0) is 14.5. The van der Waals surface area contributed by atoms with Crippen LogP contribution in [0.4, 0.5) is 5.69 Å². The Bertz CT molecular complexity index is 604. The van der Waals surface area contributed by atoms with Gasteiger partial charge in [-0.3, -0.25) is 0 Å². The minimum absolute atomic E-state index is 0.643. The molecule has 0 amide bonds. The lowest BCUT2D eigenvalue weighted by molar-refractivity contribution is 0.395. The Kier molecular flexibility index (Phi) is 5.15. The summed E-state index contributed by atoms with van der Waals surface area (Å²) in [6, 6.07) is 11.4. The van der Waals surface area contributed by atoms with E-state index in [0.29, 0.717) is 11.6 Å². The largest absolute Gasteiger partial charge is 0.497 e. The zero-order valence-corrected chi connectivity index (χ0v) is 13.6. The van der Waals surface area contributed by atoms with E-state index < -0.39 is 0 Å². The molecule has 0 aliphatic rings. The van der Waals surface area contributed by atoms with E-state index in [1.165, 1.54) is 0 Å². The summed E-state index contributed by atoms with van der Waals surface area (Å²) < 4.78 is 11.5. The van der Waals surface area contributed by atoms with Crippen LogP contribution < -0.4 is 14.8 Å². The number of halogens is 2. The highest BCUT2D eigenvalue weighted by Gasteiger charge is 2.06. The fraction of sp³-hybridized carbons (Fsp3) is 0.200. The van der Waals surface area contributed by atoms with Gasteiger partial charge in [0, 0.05) is 22.1 Å². The van der Waals surface area contributed by atoms with Gasteiger partial charge in [0.1, 0.15) is 11.5 Å². The molecule has 0 spiro atoms. The Labute approximate surface area is 132 Å². The van der Waals surface area contributed by atoms with Crippen molar-refractivity contribution in [1.29, 1.82) is 0 Å². The Morgan fingerprint density at radius 2 is 1.90 bits per heavy atom. The van der Waals surface area contributed by atoms with Crippen LogP contribution in [-0.2, 0) is 6.54 Å². The Morgan fingerprint density at radius 3 is 2.60 bits per heavy atom.